The highest BCUT2D eigenvalue weighted by atomic mass is 16.2. The second-order valence-corrected chi connectivity index (χ2v) is 7.75. The molecular weight excluding hydrogens is 350 g/mol. The summed E-state index contributed by atoms with van der Waals surface area (Å²) in [5, 5.41) is 8.83. The molecule has 0 aliphatic heterocycles. The Morgan fingerprint density at radius 3 is 1.93 bits per heavy atom. The summed E-state index contributed by atoms with van der Waals surface area (Å²) < 4.78 is 0. The third-order valence-electron chi connectivity index (χ3n) is 4.67. The van der Waals surface area contributed by atoms with Crippen molar-refractivity contribution in [1.29, 1.82) is 0 Å². The molecule has 28 heavy (non-hydrogen) atoms. The number of rotatable bonds is 6. The Kier molecular flexibility index (Phi) is 7.21. The second-order valence-electron chi connectivity index (χ2n) is 7.75. The van der Waals surface area contributed by atoms with Crippen LogP contribution < -0.4 is 16.0 Å². The number of benzene rings is 2. The van der Waals surface area contributed by atoms with Crippen LogP contribution in [0, 0.1) is 0 Å². The Labute approximate surface area is 167 Å². The molecule has 5 nitrogen and oxygen atoms in total. The normalized spacial score (nSPS) is 12.0. The summed E-state index contributed by atoms with van der Waals surface area (Å²) in [5.41, 5.74) is 4.78. The van der Waals surface area contributed by atoms with Crippen molar-refractivity contribution < 1.29 is 9.59 Å². The highest BCUT2D eigenvalue weighted by molar-refractivity contribution is 5.92. The van der Waals surface area contributed by atoms with E-state index in [0.717, 1.165) is 22.4 Å². The van der Waals surface area contributed by atoms with Gasteiger partial charge in [-0.1, -0.05) is 58.0 Å². The van der Waals surface area contributed by atoms with Crippen LogP contribution in [0.3, 0.4) is 0 Å². The van der Waals surface area contributed by atoms with Crippen molar-refractivity contribution in [2.45, 2.75) is 59.4 Å². The fraction of sp³-hybridized carbons (Fsp3) is 0.391. The fourth-order valence-electron chi connectivity index (χ4n) is 3.21. The first kappa shape index (κ1) is 21.5. The smallest absolute Gasteiger partial charge is 0.319 e. The minimum atomic E-state index is -0.243. The van der Waals surface area contributed by atoms with Gasteiger partial charge in [-0.05, 0) is 47.6 Å². The number of nitrogens with one attached hydrogen (secondary N) is 3. The molecule has 0 heterocycles. The molecule has 0 radical (unpaired) electrons. The van der Waals surface area contributed by atoms with Crippen molar-refractivity contribution in [3.8, 4) is 0 Å². The number of hydrogen-bond donors (Lipinski definition) is 3. The maximum absolute atomic E-state index is 12.7. The van der Waals surface area contributed by atoms with Crippen LogP contribution >= 0.6 is 0 Å². The van der Waals surface area contributed by atoms with Crippen molar-refractivity contribution in [2.24, 2.45) is 0 Å². The Morgan fingerprint density at radius 1 is 0.821 bits per heavy atom. The number of hydrogen-bond acceptors (Lipinski definition) is 2. The van der Waals surface area contributed by atoms with Crippen molar-refractivity contribution >= 4 is 23.3 Å². The van der Waals surface area contributed by atoms with E-state index < -0.39 is 0 Å². The van der Waals surface area contributed by atoms with E-state index in [2.05, 4.69) is 55.8 Å². The lowest BCUT2D eigenvalue weighted by Crippen LogP contribution is -2.32. The largest absolute Gasteiger partial charge is 0.331 e. The molecule has 0 fully saturated rings. The Bertz CT molecular complexity index is 817. The van der Waals surface area contributed by atoms with E-state index >= 15 is 0 Å². The third kappa shape index (κ3) is 5.59. The van der Waals surface area contributed by atoms with Crippen LogP contribution in [0.4, 0.5) is 16.2 Å². The lowest BCUT2D eigenvalue weighted by Gasteiger charge is -2.22. The minimum absolute atomic E-state index is 0.123. The van der Waals surface area contributed by atoms with Crippen molar-refractivity contribution in [2.75, 3.05) is 10.6 Å². The summed E-state index contributed by atoms with van der Waals surface area (Å²) in [6.07, 6.45) is 0. The van der Waals surface area contributed by atoms with Gasteiger partial charge in [0.15, 0.2) is 0 Å². The van der Waals surface area contributed by atoms with E-state index in [1.54, 1.807) is 0 Å². The molecule has 0 bridgehead atoms. The fourth-order valence-corrected chi connectivity index (χ4v) is 3.21. The van der Waals surface area contributed by atoms with E-state index in [-0.39, 0.29) is 18.0 Å². The molecule has 0 aliphatic rings. The number of anilines is 2. The molecule has 3 N–H and O–H groups in total. The highest BCUT2D eigenvalue weighted by Crippen LogP contribution is 2.32. The Balaban J connectivity index is 2.17. The van der Waals surface area contributed by atoms with E-state index in [1.165, 1.54) is 6.92 Å². The maximum Gasteiger partial charge on any atom is 0.319 e. The van der Waals surface area contributed by atoms with Crippen LogP contribution in [0.5, 0.6) is 0 Å². The molecule has 150 valence electrons. The van der Waals surface area contributed by atoms with Gasteiger partial charge in [-0.25, -0.2) is 4.79 Å². The molecule has 2 rings (SSSR count). The first-order chi connectivity index (χ1) is 13.2. The molecule has 0 spiro atoms. The number of amides is 3. The van der Waals surface area contributed by atoms with Gasteiger partial charge in [0.2, 0.25) is 5.91 Å². The molecule has 2 aromatic rings. The molecule has 0 aromatic heterocycles. The van der Waals surface area contributed by atoms with E-state index in [1.807, 2.05) is 37.3 Å². The van der Waals surface area contributed by atoms with Gasteiger partial charge < -0.3 is 16.0 Å². The topological polar surface area (TPSA) is 70.2 Å². The zero-order valence-corrected chi connectivity index (χ0v) is 17.6. The van der Waals surface area contributed by atoms with Gasteiger partial charge in [0.05, 0.1) is 6.04 Å². The molecule has 0 aliphatic carbocycles. The lowest BCUT2D eigenvalue weighted by atomic mass is 9.93. The quantitative estimate of drug-likeness (QED) is 0.594. The standard InChI is InChI=1S/C23H31N3O2/c1-14(2)20-11-8-12-21(15(3)4)22(20)26-23(28)24-16(5)18-9-7-10-19(13-18)25-17(6)27/h7-16H,1-6H3,(H,25,27)(H2,24,26,28)/t16-/m0/s1. The van der Waals surface area contributed by atoms with Gasteiger partial charge in [0.1, 0.15) is 0 Å². The summed E-state index contributed by atoms with van der Waals surface area (Å²) in [7, 11) is 0. The molecule has 3 amide bonds. The summed E-state index contributed by atoms with van der Waals surface area (Å²) in [5.74, 6) is 0.489. The summed E-state index contributed by atoms with van der Waals surface area (Å²) >= 11 is 0. The van der Waals surface area contributed by atoms with Crippen molar-refractivity contribution in [1.82, 2.24) is 5.32 Å². The number of carbonyl (C=O) groups excluding carboxylic acids is 2. The van der Waals surface area contributed by atoms with Gasteiger partial charge >= 0.3 is 6.03 Å². The molecular formula is C23H31N3O2. The summed E-state index contributed by atoms with van der Waals surface area (Å²) in [4.78, 5) is 24.0. The van der Waals surface area contributed by atoms with Crippen LogP contribution in [0.15, 0.2) is 42.5 Å². The van der Waals surface area contributed by atoms with Gasteiger partial charge in [0, 0.05) is 18.3 Å². The minimum Gasteiger partial charge on any atom is -0.331 e. The zero-order chi connectivity index (χ0) is 20.8. The van der Waals surface area contributed by atoms with Crippen LogP contribution in [0.25, 0.3) is 0 Å². The Morgan fingerprint density at radius 2 is 1.39 bits per heavy atom. The van der Waals surface area contributed by atoms with Gasteiger partial charge in [-0.15, -0.1) is 0 Å². The lowest BCUT2D eigenvalue weighted by molar-refractivity contribution is -0.114. The number of urea groups is 1. The van der Waals surface area contributed by atoms with Gasteiger partial charge in [-0.2, -0.15) is 0 Å². The Hall–Kier alpha value is -2.82. The van der Waals surface area contributed by atoms with Gasteiger partial charge in [0.25, 0.3) is 0 Å². The maximum atomic E-state index is 12.7. The van der Waals surface area contributed by atoms with E-state index in [9.17, 15) is 9.59 Å². The molecule has 5 heteroatoms. The summed E-state index contributed by atoms with van der Waals surface area (Å²) in [6.45, 7) is 11.9. The monoisotopic (exact) mass is 381 g/mol. The molecule has 2 aromatic carbocycles. The van der Waals surface area contributed by atoms with Crippen LogP contribution in [-0.2, 0) is 4.79 Å². The summed E-state index contributed by atoms with van der Waals surface area (Å²) in [6, 6.07) is 13.2. The zero-order valence-electron chi connectivity index (χ0n) is 17.6. The molecule has 0 unspecified atom stereocenters. The third-order valence-corrected chi connectivity index (χ3v) is 4.67. The second kappa shape index (κ2) is 9.40. The SMILES string of the molecule is CC(=O)Nc1cccc([C@H](C)NC(=O)Nc2c(C(C)C)cccc2C(C)C)c1. The predicted molar refractivity (Wildman–Crippen MR) is 116 cm³/mol. The van der Waals surface area contributed by atoms with Crippen molar-refractivity contribution in [3.63, 3.8) is 0 Å². The van der Waals surface area contributed by atoms with Crippen LogP contribution in [0.2, 0.25) is 0 Å². The molecule has 1 atom stereocenters. The number of para-hydroxylation sites is 1. The molecule has 0 saturated heterocycles. The van der Waals surface area contributed by atoms with Crippen LogP contribution in [0.1, 0.15) is 76.1 Å². The highest BCUT2D eigenvalue weighted by Gasteiger charge is 2.17. The predicted octanol–water partition coefficient (Wildman–Crippen LogP) is 5.77. The average molecular weight is 382 g/mol. The number of carbonyl (C=O) groups is 2. The molecule has 0 saturated carbocycles. The van der Waals surface area contributed by atoms with Crippen molar-refractivity contribution in [3.05, 3.63) is 59.2 Å². The first-order valence-corrected chi connectivity index (χ1v) is 9.77. The van der Waals surface area contributed by atoms with Crippen LogP contribution in [-0.4, -0.2) is 11.9 Å². The first-order valence-electron chi connectivity index (χ1n) is 9.77. The average Bonchev–Trinajstić information content (AvgIpc) is 2.61. The van der Waals surface area contributed by atoms with E-state index in [0.29, 0.717) is 17.5 Å². The van der Waals surface area contributed by atoms with E-state index in [4.69, 9.17) is 0 Å². The van der Waals surface area contributed by atoms with Gasteiger partial charge in [-0.3, -0.25) is 4.79 Å².